The van der Waals surface area contributed by atoms with Gasteiger partial charge in [0.25, 0.3) is 0 Å². The van der Waals surface area contributed by atoms with Gasteiger partial charge < -0.3 is 15.6 Å². The molecule has 1 unspecified atom stereocenters. The molecule has 30 heavy (non-hydrogen) atoms. The predicted octanol–water partition coefficient (Wildman–Crippen LogP) is 0.765. The second kappa shape index (κ2) is 8.26. The van der Waals surface area contributed by atoms with Crippen molar-refractivity contribution in [2.24, 2.45) is 0 Å². The number of carbonyl (C=O) groups is 2. The van der Waals surface area contributed by atoms with E-state index in [1.165, 1.54) is 6.33 Å². The normalized spacial score (nSPS) is 31.0. The minimum Gasteiger partial charge on any atom is -0.386 e. The molecule has 15 heteroatoms. The minimum atomic E-state index is -3.78. The first kappa shape index (κ1) is 21.8. The van der Waals surface area contributed by atoms with Crippen LogP contribution in [0.4, 0.5) is 5.82 Å². The Morgan fingerprint density at radius 3 is 2.93 bits per heavy atom. The van der Waals surface area contributed by atoms with E-state index in [9.17, 15) is 19.3 Å². The minimum absolute atomic E-state index is 0.119. The van der Waals surface area contributed by atoms with E-state index < -0.39 is 42.9 Å². The molecule has 2 fully saturated rings. The van der Waals surface area contributed by atoms with Crippen molar-refractivity contribution in [1.82, 2.24) is 19.5 Å². The predicted molar refractivity (Wildman–Crippen MR) is 109 cm³/mol. The van der Waals surface area contributed by atoms with Gasteiger partial charge in [0.15, 0.2) is 23.2 Å². The van der Waals surface area contributed by atoms with Crippen LogP contribution in [0.2, 0.25) is 0 Å². The third kappa shape index (κ3) is 3.81. The number of Topliss-reactive ketones (excluding diaryl/α,β-unsaturated/α-hetero) is 2. The smallest absolute Gasteiger partial charge is 0.386 e. The fourth-order valence-corrected chi connectivity index (χ4v) is 6.79. The summed E-state index contributed by atoms with van der Waals surface area (Å²) < 4.78 is 31.2. The summed E-state index contributed by atoms with van der Waals surface area (Å²) in [6.45, 7) is -2.20. The molecule has 4 heterocycles. The number of aryl methyl sites for hydroxylation is 1. The summed E-state index contributed by atoms with van der Waals surface area (Å²) in [7, 11) is 0. The van der Waals surface area contributed by atoms with Crippen LogP contribution in [0.15, 0.2) is 6.33 Å². The molecule has 0 amide bonds. The number of alkyl halides is 1. The third-order valence-electron chi connectivity index (χ3n) is 4.68. The third-order valence-corrected chi connectivity index (χ3v) is 8.77. The molecule has 4 rings (SSSR count). The number of nitrogens with zero attached hydrogens (tertiary/aromatic N) is 4. The van der Waals surface area contributed by atoms with E-state index >= 15 is 0 Å². The maximum absolute atomic E-state index is 12.9. The van der Waals surface area contributed by atoms with Crippen molar-refractivity contribution in [3.05, 3.63) is 12.2 Å². The van der Waals surface area contributed by atoms with Gasteiger partial charge in [0, 0.05) is 0 Å². The number of halogens is 1. The Morgan fingerprint density at radius 1 is 1.43 bits per heavy atom. The Morgan fingerprint density at radius 2 is 2.20 bits per heavy atom. The second-order valence-electron chi connectivity index (χ2n) is 6.58. The van der Waals surface area contributed by atoms with E-state index in [2.05, 4.69) is 30.9 Å². The monoisotopic (exact) mass is 521 g/mol. The van der Waals surface area contributed by atoms with Crippen LogP contribution in [-0.4, -0.2) is 72.2 Å². The van der Waals surface area contributed by atoms with Gasteiger partial charge >= 0.3 is 6.80 Å². The van der Waals surface area contributed by atoms with E-state index in [-0.39, 0.29) is 23.5 Å². The average molecular weight is 522 g/mol. The Bertz CT molecular complexity index is 1070. The van der Waals surface area contributed by atoms with E-state index in [4.69, 9.17) is 19.5 Å². The number of imidazole rings is 1. The zero-order valence-corrected chi connectivity index (χ0v) is 18.8. The summed E-state index contributed by atoms with van der Waals surface area (Å²) >= 11 is 3.51. The summed E-state index contributed by atoms with van der Waals surface area (Å²) in [6, 6.07) is 0. The van der Waals surface area contributed by atoms with Gasteiger partial charge in [0.1, 0.15) is 30.5 Å². The van der Waals surface area contributed by atoms with Gasteiger partial charge in [-0.3, -0.25) is 23.2 Å². The van der Waals surface area contributed by atoms with Gasteiger partial charge in [-0.2, -0.15) is 0 Å². The van der Waals surface area contributed by atoms with Crippen LogP contribution in [0.1, 0.15) is 12.1 Å². The van der Waals surface area contributed by atoms with Crippen molar-refractivity contribution in [2.75, 3.05) is 23.4 Å². The van der Waals surface area contributed by atoms with Crippen molar-refractivity contribution in [2.45, 2.75) is 31.5 Å². The van der Waals surface area contributed by atoms with Crippen molar-refractivity contribution in [3.8, 4) is 0 Å². The summed E-state index contributed by atoms with van der Waals surface area (Å²) in [5, 5.41) is 10.7. The summed E-state index contributed by atoms with van der Waals surface area (Å²) in [4.78, 5) is 35.5. The lowest BCUT2D eigenvalue weighted by Crippen LogP contribution is -2.39. The van der Waals surface area contributed by atoms with Gasteiger partial charge in [-0.15, -0.1) is 0 Å². The molecule has 12 nitrogen and oxygen atoms in total. The Kier molecular flexibility index (Phi) is 6.01. The topological polar surface area (TPSA) is 169 Å². The van der Waals surface area contributed by atoms with Crippen LogP contribution in [0.25, 0.3) is 11.2 Å². The van der Waals surface area contributed by atoms with Crippen LogP contribution in [0, 0.1) is 6.92 Å². The van der Waals surface area contributed by atoms with Crippen LogP contribution < -0.4 is 5.73 Å². The zero-order valence-electron chi connectivity index (χ0n) is 15.5. The average Bonchev–Trinajstić information content (AvgIpc) is 3.22. The molecule has 2 saturated heterocycles. The van der Waals surface area contributed by atoms with Crippen LogP contribution in [-0.2, 0) is 27.9 Å². The molecule has 5 atom stereocenters. The van der Waals surface area contributed by atoms with Gasteiger partial charge in [0.2, 0.25) is 11.6 Å². The molecule has 0 aromatic carbocycles. The lowest BCUT2D eigenvalue weighted by atomic mass is 10.1. The first-order chi connectivity index (χ1) is 14.2. The van der Waals surface area contributed by atoms with Crippen molar-refractivity contribution in [1.29, 1.82) is 0 Å². The highest BCUT2D eigenvalue weighted by Gasteiger charge is 2.53. The number of nitrogen functional groups attached to an aromatic ring is 1. The number of carbonyl (C=O) groups excluding carboxylic acids is 2. The maximum atomic E-state index is 12.9. The highest BCUT2D eigenvalue weighted by Crippen LogP contribution is 2.65. The SMILES string of the molecule is Cc1nc2c(N)ncnc2n1[C@@H]1O[C@@H]2COP(=O)(SCC(=O)C(=O)CBr)O[C@H]2[C@H]1O. The molecule has 162 valence electrons. The van der Waals surface area contributed by atoms with Gasteiger partial charge in [-0.05, 0) is 18.3 Å². The molecule has 2 aromatic rings. The molecule has 3 N–H and O–H groups in total. The number of ketones is 2. The van der Waals surface area contributed by atoms with Crippen molar-refractivity contribution >= 4 is 62.7 Å². The van der Waals surface area contributed by atoms with Crippen molar-refractivity contribution in [3.63, 3.8) is 0 Å². The number of aliphatic hydroxyl groups excluding tert-OH is 1. The molecule has 2 aliphatic rings. The number of anilines is 1. The standard InChI is InChI=1S/C15H17BrN5O7PS/c1-6-20-10-13(17)18-5-19-14(10)21(6)15-11(24)12-9(27-15)3-26-29(25,28-12)30-4-8(23)7(22)2-16/h5,9,11-12,15,24H,2-4H2,1H3,(H2,17,18,19)/t9-,11-,12-,15-,29?/m1/s1. The molecule has 0 spiro atoms. The fourth-order valence-electron chi connectivity index (χ4n) is 3.24. The molecule has 0 bridgehead atoms. The van der Waals surface area contributed by atoms with E-state index in [0.717, 1.165) is 0 Å². The van der Waals surface area contributed by atoms with Crippen LogP contribution in [0.5, 0.6) is 0 Å². The second-order valence-corrected chi connectivity index (χ2v) is 11.2. The number of nitrogens with two attached hydrogens (primary N) is 1. The number of ether oxygens (including phenoxy) is 1. The molecule has 0 aliphatic carbocycles. The Hall–Kier alpha value is -1.41. The quantitative estimate of drug-likeness (QED) is 0.311. The molecular formula is C15H17BrN5O7PS. The van der Waals surface area contributed by atoms with Crippen LogP contribution >= 0.6 is 34.1 Å². The lowest BCUT2D eigenvalue weighted by Gasteiger charge is -2.30. The van der Waals surface area contributed by atoms with E-state index in [1.807, 2.05) is 0 Å². The van der Waals surface area contributed by atoms with Crippen LogP contribution in [0.3, 0.4) is 0 Å². The fraction of sp³-hybridized carbons (Fsp3) is 0.533. The zero-order chi connectivity index (χ0) is 21.6. The largest absolute Gasteiger partial charge is 0.390 e. The number of hydrogen-bond acceptors (Lipinski definition) is 12. The summed E-state index contributed by atoms with van der Waals surface area (Å²) in [6.07, 6.45) is -2.56. The Balaban J connectivity index is 1.54. The summed E-state index contributed by atoms with van der Waals surface area (Å²) in [5.74, 6) is -1.04. The first-order valence-corrected chi connectivity index (χ1v) is 13.0. The molecule has 2 aromatic heterocycles. The van der Waals surface area contributed by atoms with Gasteiger partial charge in [-0.1, -0.05) is 15.9 Å². The maximum Gasteiger partial charge on any atom is 0.390 e. The van der Waals surface area contributed by atoms with E-state index in [1.54, 1.807) is 11.5 Å². The van der Waals surface area contributed by atoms with Gasteiger partial charge in [0.05, 0.1) is 17.7 Å². The number of fused-ring (bicyclic) bond motifs is 2. The number of hydrogen-bond donors (Lipinski definition) is 2. The molecule has 2 aliphatic heterocycles. The van der Waals surface area contributed by atoms with Crippen molar-refractivity contribution < 1.29 is 33.0 Å². The van der Waals surface area contributed by atoms with E-state index in [0.29, 0.717) is 28.4 Å². The van der Waals surface area contributed by atoms with Gasteiger partial charge in [-0.25, -0.2) is 19.5 Å². The Labute approximate surface area is 182 Å². The lowest BCUT2D eigenvalue weighted by molar-refractivity contribution is -0.133. The summed E-state index contributed by atoms with van der Waals surface area (Å²) in [5.41, 5.74) is 6.59. The highest BCUT2D eigenvalue weighted by molar-refractivity contribution is 9.09. The number of aromatic nitrogens is 4. The molecule has 0 radical (unpaired) electrons. The first-order valence-electron chi connectivity index (χ1n) is 8.72. The molecular weight excluding hydrogens is 505 g/mol. The number of rotatable bonds is 6. The highest BCUT2D eigenvalue weighted by atomic mass is 79.9. The number of aliphatic hydroxyl groups is 1. The molecule has 0 saturated carbocycles.